The van der Waals surface area contributed by atoms with Crippen LogP contribution in [0.4, 0.5) is 16.2 Å². The van der Waals surface area contributed by atoms with Crippen LogP contribution in [0.1, 0.15) is 21.1 Å². The van der Waals surface area contributed by atoms with Gasteiger partial charge in [-0.25, -0.2) is 9.78 Å². The van der Waals surface area contributed by atoms with Gasteiger partial charge in [-0.1, -0.05) is 12.1 Å². The number of thiazole rings is 1. The van der Waals surface area contributed by atoms with Gasteiger partial charge in [-0.2, -0.15) is 0 Å². The van der Waals surface area contributed by atoms with Crippen LogP contribution in [-0.2, 0) is 6.61 Å². The fourth-order valence-corrected chi connectivity index (χ4v) is 3.03. The van der Waals surface area contributed by atoms with Gasteiger partial charge in [0.15, 0.2) is 0 Å². The predicted molar refractivity (Wildman–Crippen MR) is 110 cm³/mol. The molecule has 1 aromatic heterocycles. The van der Waals surface area contributed by atoms with Crippen molar-refractivity contribution in [2.24, 2.45) is 0 Å². The second-order valence-electron chi connectivity index (χ2n) is 5.91. The molecule has 1 heterocycles. The minimum Gasteiger partial charge on any atom is -0.487 e. The molecule has 0 aliphatic heterocycles. The van der Waals surface area contributed by atoms with Crippen molar-refractivity contribution < 1.29 is 14.3 Å². The molecule has 3 amide bonds. The van der Waals surface area contributed by atoms with Crippen LogP contribution in [0.3, 0.4) is 0 Å². The number of nitrogens with zero attached hydrogens (tertiary/aromatic N) is 1. The van der Waals surface area contributed by atoms with Crippen LogP contribution in [0, 0.1) is 6.92 Å². The molecular weight excluding hydrogens is 376 g/mol. The normalized spacial score (nSPS) is 10.2. The Kier molecular flexibility index (Phi) is 6.23. The zero-order chi connectivity index (χ0) is 19.9. The standard InChI is InChI=1S/C20H20N4O3S/c1-13-22-17(12-28-13)11-27-18-8-3-5-14(9-18)19(25)23-15-6-4-7-16(10-15)24-20(26)21-2/h3-10,12H,11H2,1-2H3,(H,23,25)(H2,21,24,26). The maximum absolute atomic E-state index is 12.6. The SMILES string of the molecule is CNC(=O)Nc1cccc(NC(=O)c2cccc(OCc3csc(C)n3)c2)c1. The smallest absolute Gasteiger partial charge is 0.318 e. The van der Waals surface area contributed by atoms with Crippen LogP contribution in [0.25, 0.3) is 0 Å². The van der Waals surface area contributed by atoms with E-state index in [0.29, 0.717) is 29.3 Å². The Morgan fingerprint density at radius 1 is 1.07 bits per heavy atom. The van der Waals surface area contributed by atoms with E-state index in [4.69, 9.17) is 4.74 Å². The lowest BCUT2D eigenvalue weighted by Gasteiger charge is -2.10. The van der Waals surface area contributed by atoms with Gasteiger partial charge in [-0.15, -0.1) is 11.3 Å². The van der Waals surface area contributed by atoms with E-state index >= 15 is 0 Å². The number of aromatic nitrogens is 1. The van der Waals surface area contributed by atoms with E-state index in [2.05, 4.69) is 20.9 Å². The number of carbonyl (C=O) groups is 2. The van der Waals surface area contributed by atoms with Crippen LogP contribution in [0.15, 0.2) is 53.9 Å². The van der Waals surface area contributed by atoms with Crippen molar-refractivity contribution >= 4 is 34.6 Å². The molecule has 0 aliphatic carbocycles. The molecule has 3 aromatic rings. The van der Waals surface area contributed by atoms with Gasteiger partial charge in [-0.3, -0.25) is 4.79 Å². The molecule has 3 N–H and O–H groups in total. The Bertz CT molecular complexity index is 987. The number of aryl methyl sites for hydroxylation is 1. The fraction of sp³-hybridized carbons (Fsp3) is 0.150. The molecule has 0 fully saturated rings. The maximum atomic E-state index is 12.6. The first-order valence-electron chi connectivity index (χ1n) is 8.57. The first kappa shape index (κ1) is 19.4. The average Bonchev–Trinajstić information content (AvgIpc) is 3.12. The highest BCUT2D eigenvalue weighted by atomic mass is 32.1. The van der Waals surface area contributed by atoms with Gasteiger partial charge in [0.1, 0.15) is 12.4 Å². The summed E-state index contributed by atoms with van der Waals surface area (Å²) in [5.74, 6) is 0.320. The van der Waals surface area contributed by atoms with Crippen molar-refractivity contribution in [2.75, 3.05) is 17.7 Å². The van der Waals surface area contributed by atoms with Gasteiger partial charge < -0.3 is 20.7 Å². The molecule has 144 valence electrons. The molecule has 7 nitrogen and oxygen atoms in total. The lowest BCUT2D eigenvalue weighted by atomic mass is 10.2. The second kappa shape index (κ2) is 9.01. The largest absolute Gasteiger partial charge is 0.487 e. The predicted octanol–water partition coefficient (Wildman–Crippen LogP) is 4.03. The van der Waals surface area contributed by atoms with Gasteiger partial charge >= 0.3 is 6.03 Å². The van der Waals surface area contributed by atoms with E-state index in [1.54, 1.807) is 59.9 Å². The van der Waals surface area contributed by atoms with Crippen molar-refractivity contribution in [1.82, 2.24) is 10.3 Å². The first-order valence-corrected chi connectivity index (χ1v) is 9.45. The monoisotopic (exact) mass is 396 g/mol. The number of rotatable bonds is 6. The highest BCUT2D eigenvalue weighted by Crippen LogP contribution is 2.19. The summed E-state index contributed by atoms with van der Waals surface area (Å²) in [6.07, 6.45) is 0. The summed E-state index contributed by atoms with van der Waals surface area (Å²) in [6.45, 7) is 2.29. The molecule has 28 heavy (non-hydrogen) atoms. The fourth-order valence-electron chi connectivity index (χ4n) is 2.43. The molecule has 0 spiro atoms. The topological polar surface area (TPSA) is 92.4 Å². The van der Waals surface area contributed by atoms with E-state index in [9.17, 15) is 9.59 Å². The number of urea groups is 1. The number of hydrogen-bond acceptors (Lipinski definition) is 5. The molecule has 0 unspecified atom stereocenters. The first-order chi connectivity index (χ1) is 13.5. The summed E-state index contributed by atoms with van der Waals surface area (Å²) in [7, 11) is 1.53. The Morgan fingerprint density at radius 2 is 1.82 bits per heavy atom. The van der Waals surface area contributed by atoms with Gasteiger partial charge in [0, 0.05) is 29.4 Å². The zero-order valence-electron chi connectivity index (χ0n) is 15.5. The number of benzene rings is 2. The molecule has 0 bridgehead atoms. The summed E-state index contributed by atoms with van der Waals surface area (Å²) in [5, 5.41) is 10.9. The summed E-state index contributed by atoms with van der Waals surface area (Å²) >= 11 is 1.57. The van der Waals surface area contributed by atoms with Gasteiger partial charge in [0.2, 0.25) is 0 Å². The van der Waals surface area contributed by atoms with Crippen LogP contribution in [0.5, 0.6) is 5.75 Å². The average molecular weight is 396 g/mol. The molecule has 0 aliphatic rings. The van der Waals surface area contributed by atoms with Crippen LogP contribution < -0.4 is 20.7 Å². The molecule has 0 saturated carbocycles. The third kappa shape index (κ3) is 5.31. The Hall–Kier alpha value is -3.39. The quantitative estimate of drug-likeness (QED) is 0.586. The van der Waals surface area contributed by atoms with Crippen molar-refractivity contribution in [3.05, 3.63) is 70.2 Å². The lowest BCUT2D eigenvalue weighted by Crippen LogP contribution is -2.24. The van der Waals surface area contributed by atoms with Crippen molar-refractivity contribution in [1.29, 1.82) is 0 Å². The van der Waals surface area contributed by atoms with Crippen LogP contribution in [0.2, 0.25) is 0 Å². The second-order valence-corrected chi connectivity index (χ2v) is 6.98. The molecule has 3 rings (SSSR count). The van der Waals surface area contributed by atoms with Crippen molar-refractivity contribution in [3.8, 4) is 5.75 Å². The van der Waals surface area contributed by atoms with Gasteiger partial charge in [-0.05, 0) is 43.3 Å². The highest BCUT2D eigenvalue weighted by Gasteiger charge is 2.09. The Morgan fingerprint density at radius 3 is 2.54 bits per heavy atom. The minimum atomic E-state index is -0.330. The van der Waals surface area contributed by atoms with Crippen LogP contribution in [-0.4, -0.2) is 24.0 Å². The number of hydrogen-bond donors (Lipinski definition) is 3. The van der Waals surface area contributed by atoms with Crippen LogP contribution >= 0.6 is 11.3 Å². The number of nitrogens with one attached hydrogen (secondary N) is 3. The summed E-state index contributed by atoms with van der Waals surface area (Å²) in [6, 6.07) is 13.5. The van der Waals surface area contributed by atoms with Gasteiger partial charge in [0.05, 0.1) is 10.7 Å². The lowest BCUT2D eigenvalue weighted by molar-refractivity contribution is 0.102. The van der Waals surface area contributed by atoms with E-state index in [-0.39, 0.29) is 11.9 Å². The summed E-state index contributed by atoms with van der Waals surface area (Å²) in [4.78, 5) is 28.3. The number of amides is 3. The zero-order valence-corrected chi connectivity index (χ0v) is 16.3. The summed E-state index contributed by atoms with van der Waals surface area (Å²) in [5.41, 5.74) is 2.48. The number of ether oxygens (including phenoxy) is 1. The molecule has 0 saturated heterocycles. The van der Waals surface area contributed by atoms with E-state index < -0.39 is 0 Å². The molecule has 0 radical (unpaired) electrons. The number of anilines is 2. The van der Waals surface area contributed by atoms with E-state index in [1.165, 1.54) is 7.05 Å². The van der Waals surface area contributed by atoms with Crippen molar-refractivity contribution in [3.63, 3.8) is 0 Å². The van der Waals surface area contributed by atoms with Crippen molar-refractivity contribution in [2.45, 2.75) is 13.5 Å². The van der Waals surface area contributed by atoms with E-state index in [1.807, 2.05) is 12.3 Å². The Balaban J connectivity index is 1.64. The molecule has 8 heteroatoms. The molecular formula is C20H20N4O3S. The minimum absolute atomic E-state index is 0.271. The molecule has 2 aromatic carbocycles. The number of carbonyl (C=O) groups excluding carboxylic acids is 2. The third-order valence-corrected chi connectivity index (χ3v) is 4.58. The van der Waals surface area contributed by atoms with E-state index in [0.717, 1.165) is 10.7 Å². The summed E-state index contributed by atoms with van der Waals surface area (Å²) < 4.78 is 5.73. The Labute approximate surface area is 166 Å². The maximum Gasteiger partial charge on any atom is 0.318 e. The highest BCUT2D eigenvalue weighted by molar-refractivity contribution is 7.09. The molecule has 0 atom stereocenters. The van der Waals surface area contributed by atoms with Gasteiger partial charge in [0.25, 0.3) is 5.91 Å². The third-order valence-electron chi connectivity index (χ3n) is 3.75.